The molecule has 0 amide bonds. The third-order valence-corrected chi connectivity index (χ3v) is 5.82. The molecule has 1 N–H and O–H groups in total. The van der Waals surface area contributed by atoms with Gasteiger partial charge in [0.2, 0.25) is 5.95 Å². The number of nitrogens with one attached hydrogen (secondary N) is 1. The Morgan fingerprint density at radius 2 is 1.94 bits per heavy atom. The fourth-order valence-electron chi connectivity index (χ4n) is 3.94. The average Bonchev–Trinajstić information content (AvgIpc) is 3.56. The highest BCUT2D eigenvalue weighted by atomic mass is 16.5. The first-order valence-electron chi connectivity index (χ1n) is 11.7. The zero-order chi connectivity index (χ0) is 24.2. The van der Waals surface area contributed by atoms with Crippen molar-refractivity contribution >= 4 is 5.95 Å². The molecule has 1 saturated heterocycles. The highest BCUT2D eigenvalue weighted by molar-refractivity contribution is 5.68. The number of ether oxygens (including phenoxy) is 1. The topological polar surface area (TPSA) is 114 Å². The summed E-state index contributed by atoms with van der Waals surface area (Å²) in [6, 6.07) is 17.6. The lowest BCUT2D eigenvalue weighted by Gasteiger charge is -2.13. The van der Waals surface area contributed by atoms with Crippen molar-refractivity contribution in [3.8, 4) is 28.7 Å². The number of anilines is 1. The molecule has 9 nitrogen and oxygen atoms in total. The maximum Gasteiger partial charge on any atom is 0.224 e. The van der Waals surface area contributed by atoms with Crippen molar-refractivity contribution in [2.75, 3.05) is 18.5 Å². The van der Waals surface area contributed by atoms with Crippen molar-refractivity contribution in [1.82, 2.24) is 29.9 Å². The van der Waals surface area contributed by atoms with Crippen molar-refractivity contribution in [2.45, 2.75) is 38.8 Å². The standard InChI is InChI=1S/C26H26N8O/c1-17(2)22-8-4-7-20(28-22)14-34-15-25(32-33-34)24-12-23(19-6-3-5-18(11-19)13-27)30-26(31-24)29-21-9-10-35-16-21/h3-8,11-12,15,17,21H,9-10,14,16H2,1-2H3,(H,29,30,31)/t21-/m1/s1. The minimum atomic E-state index is 0.151. The van der Waals surface area contributed by atoms with Crippen LogP contribution in [0.3, 0.4) is 0 Å². The van der Waals surface area contributed by atoms with Gasteiger partial charge in [0.25, 0.3) is 0 Å². The quantitative estimate of drug-likeness (QED) is 0.434. The minimum Gasteiger partial charge on any atom is -0.379 e. The van der Waals surface area contributed by atoms with Gasteiger partial charge in [-0.15, -0.1) is 5.10 Å². The third kappa shape index (κ3) is 5.34. The number of nitriles is 1. The molecular formula is C26H26N8O. The van der Waals surface area contributed by atoms with Crippen LogP contribution in [0.2, 0.25) is 0 Å². The predicted octanol–water partition coefficient (Wildman–Crippen LogP) is 4.04. The van der Waals surface area contributed by atoms with Crippen LogP contribution in [0.15, 0.2) is 54.7 Å². The van der Waals surface area contributed by atoms with Gasteiger partial charge in [-0.2, -0.15) is 5.26 Å². The zero-order valence-corrected chi connectivity index (χ0v) is 19.7. The van der Waals surface area contributed by atoms with Crippen LogP contribution in [0.4, 0.5) is 5.95 Å². The van der Waals surface area contributed by atoms with E-state index in [4.69, 9.17) is 19.7 Å². The molecule has 35 heavy (non-hydrogen) atoms. The second-order valence-electron chi connectivity index (χ2n) is 8.87. The van der Waals surface area contributed by atoms with E-state index in [1.165, 1.54) is 0 Å². The Balaban J connectivity index is 1.47. The van der Waals surface area contributed by atoms with Crippen LogP contribution in [0, 0.1) is 11.3 Å². The maximum absolute atomic E-state index is 9.32. The number of aromatic nitrogens is 6. The second kappa shape index (κ2) is 9.99. The first-order valence-corrected chi connectivity index (χ1v) is 11.7. The summed E-state index contributed by atoms with van der Waals surface area (Å²) in [6.07, 6.45) is 2.76. The number of hydrogen-bond donors (Lipinski definition) is 1. The molecular weight excluding hydrogens is 440 g/mol. The molecule has 0 aliphatic carbocycles. The Morgan fingerprint density at radius 1 is 1.09 bits per heavy atom. The summed E-state index contributed by atoms with van der Waals surface area (Å²) in [4.78, 5) is 14.2. The van der Waals surface area contributed by atoms with Gasteiger partial charge < -0.3 is 10.1 Å². The molecule has 1 atom stereocenters. The molecule has 1 aromatic carbocycles. The molecule has 4 aromatic rings. The van der Waals surface area contributed by atoms with Gasteiger partial charge in [-0.05, 0) is 42.7 Å². The fraction of sp³-hybridized carbons (Fsp3) is 0.308. The van der Waals surface area contributed by atoms with Gasteiger partial charge in [-0.25, -0.2) is 14.6 Å². The monoisotopic (exact) mass is 466 g/mol. The van der Waals surface area contributed by atoms with Gasteiger partial charge in [-0.3, -0.25) is 4.98 Å². The molecule has 0 spiro atoms. The molecule has 3 aromatic heterocycles. The summed E-state index contributed by atoms with van der Waals surface area (Å²) in [5, 5.41) is 21.4. The molecule has 9 heteroatoms. The minimum absolute atomic E-state index is 0.151. The molecule has 0 radical (unpaired) electrons. The van der Waals surface area contributed by atoms with Crippen LogP contribution >= 0.6 is 0 Å². The Hall–Kier alpha value is -4.16. The molecule has 1 fully saturated rings. The first kappa shape index (κ1) is 22.6. The smallest absolute Gasteiger partial charge is 0.224 e. The van der Waals surface area contributed by atoms with Crippen LogP contribution in [-0.2, 0) is 11.3 Å². The molecule has 5 rings (SSSR count). The summed E-state index contributed by atoms with van der Waals surface area (Å²) in [5.41, 5.74) is 5.37. The van der Waals surface area contributed by atoms with E-state index in [1.807, 2.05) is 48.7 Å². The Kier molecular flexibility index (Phi) is 6.46. The Labute approximate surface area is 203 Å². The fourth-order valence-corrected chi connectivity index (χ4v) is 3.94. The normalized spacial score (nSPS) is 15.3. The molecule has 0 bridgehead atoms. The van der Waals surface area contributed by atoms with Crippen LogP contribution in [-0.4, -0.2) is 49.2 Å². The lowest BCUT2D eigenvalue weighted by atomic mass is 10.1. The highest BCUT2D eigenvalue weighted by Gasteiger charge is 2.18. The zero-order valence-electron chi connectivity index (χ0n) is 19.7. The lowest BCUT2D eigenvalue weighted by Crippen LogP contribution is -2.20. The lowest BCUT2D eigenvalue weighted by molar-refractivity contribution is 0.195. The number of rotatable bonds is 7. The van der Waals surface area contributed by atoms with Crippen molar-refractivity contribution in [3.63, 3.8) is 0 Å². The van der Waals surface area contributed by atoms with Crippen molar-refractivity contribution in [1.29, 1.82) is 5.26 Å². The van der Waals surface area contributed by atoms with Gasteiger partial charge in [0, 0.05) is 17.9 Å². The summed E-state index contributed by atoms with van der Waals surface area (Å²) >= 11 is 0. The van der Waals surface area contributed by atoms with Gasteiger partial charge >= 0.3 is 0 Å². The summed E-state index contributed by atoms with van der Waals surface area (Å²) in [5.74, 6) is 0.854. The van der Waals surface area contributed by atoms with Gasteiger partial charge in [0.15, 0.2) is 0 Å². The van der Waals surface area contributed by atoms with Crippen LogP contribution in [0.1, 0.15) is 43.1 Å². The number of nitrogens with zero attached hydrogens (tertiary/aromatic N) is 7. The first-order chi connectivity index (χ1) is 17.1. The van der Waals surface area contributed by atoms with Gasteiger partial charge in [0.05, 0.1) is 54.1 Å². The van der Waals surface area contributed by atoms with E-state index in [2.05, 4.69) is 35.5 Å². The second-order valence-corrected chi connectivity index (χ2v) is 8.87. The molecule has 1 aliphatic heterocycles. The van der Waals surface area contributed by atoms with E-state index in [0.29, 0.717) is 47.7 Å². The Morgan fingerprint density at radius 3 is 2.74 bits per heavy atom. The summed E-state index contributed by atoms with van der Waals surface area (Å²) < 4.78 is 7.25. The van der Waals surface area contributed by atoms with Crippen molar-refractivity contribution < 1.29 is 4.74 Å². The number of benzene rings is 1. The van der Waals surface area contributed by atoms with E-state index < -0.39 is 0 Å². The van der Waals surface area contributed by atoms with Crippen LogP contribution < -0.4 is 5.32 Å². The summed E-state index contributed by atoms with van der Waals surface area (Å²) in [7, 11) is 0. The Bertz CT molecular complexity index is 1370. The average molecular weight is 467 g/mol. The van der Waals surface area contributed by atoms with Crippen molar-refractivity contribution in [3.05, 3.63) is 71.7 Å². The molecule has 1 aliphatic rings. The number of pyridine rings is 1. The SMILES string of the molecule is CC(C)c1cccc(Cn2cc(-c3cc(-c4cccc(C#N)c4)nc(N[C@@H]4CCOC4)n3)nn2)n1. The molecule has 4 heterocycles. The van der Waals surface area contributed by atoms with Gasteiger partial charge in [0.1, 0.15) is 5.69 Å². The van der Waals surface area contributed by atoms with E-state index >= 15 is 0 Å². The third-order valence-electron chi connectivity index (χ3n) is 5.82. The largest absolute Gasteiger partial charge is 0.379 e. The molecule has 0 saturated carbocycles. The summed E-state index contributed by atoms with van der Waals surface area (Å²) in [6.45, 7) is 6.10. The van der Waals surface area contributed by atoms with Crippen LogP contribution in [0.25, 0.3) is 22.6 Å². The van der Waals surface area contributed by atoms with E-state index in [-0.39, 0.29) is 6.04 Å². The number of hydrogen-bond acceptors (Lipinski definition) is 8. The molecule has 176 valence electrons. The maximum atomic E-state index is 9.32. The molecule has 0 unspecified atom stereocenters. The highest BCUT2D eigenvalue weighted by Crippen LogP contribution is 2.25. The predicted molar refractivity (Wildman–Crippen MR) is 131 cm³/mol. The van der Waals surface area contributed by atoms with E-state index in [9.17, 15) is 5.26 Å². The van der Waals surface area contributed by atoms with Crippen LogP contribution in [0.5, 0.6) is 0 Å². The van der Waals surface area contributed by atoms with Crippen molar-refractivity contribution in [2.24, 2.45) is 0 Å². The van der Waals surface area contributed by atoms with E-state index in [0.717, 1.165) is 30.0 Å². The van der Waals surface area contributed by atoms with E-state index in [1.54, 1.807) is 10.7 Å². The van der Waals surface area contributed by atoms with Gasteiger partial charge in [-0.1, -0.05) is 37.3 Å².